The summed E-state index contributed by atoms with van der Waals surface area (Å²) in [6, 6.07) is -0.351. The fraction of sp³-hybridized carbons (Fsp3) is 0.923. The van der Waals surface area contributed by atoms with E-state index in [1.807, 2.05) is 25.7 Å². The van der Waals surface area contributed by atoms with Gasteiger partial charge in [-0.2, -0.15) is 0 Å². The minimum Gasteiger partial charge on any atom is -0.444 e. The molecule has 0 unspecified atom stereocenters. The average molecular weight is 320 g/mol. The van der Waals surface area contributed by atoms with Crippen molar-refractivity contribution in [2.75, 3.05) is 37.7 Å². The van der Waals surface area contributed by atoms with E-state index in [2.05, 4.69) is 0 Å². The van der Waals surface area contributed by atoms with Gasteiger partial charge in [0.25, 0.3) is 0 Å². The lowest BCUT2D eigenvalue weighted by Crippen LogP contribution is -2.55. The van der Waals surface area contributed by atoms with Crippen molar-refractivity contribution in [3.05, 3.63) is 0 Å². The van der Waals surface area contributed by atoms with E-state index >= 15 is 0 Å². The van der Waals surface area contributed by atoms with Gasteiger partial charge in [0, 0.05) is 26.2 Å². The van der Waals surface area contributed by atoms with Gasteiger partial charge in [0.1, 0.15) is 5.60 Å². The number of carbonyl (C=O) groups excluding carboxylic acids is 1. The number of nitrogens with zero attached hydrogens (tertiary/aromatic N) is 2. The molecule has 2 aliphatic rings. The van der Waals surface area contributed by atoms with Crippen LogP contribution in [0.2, 0.25) is 0 Å². The summed E-state index contributed by atoms with van der Waals surface area (Å²) >= 11 is 0. The van der Waals surface area contributed by atoms with Crippen molar-refractivity contribution in [3.8, 4) is 0 Å². The van der Waals surface area contributed by atoms with Crippen LogP contribution in [0.3, 0.4) is 0 Å². The summed E-state index contributed by atoms with van der Waals surface area (Å²) in [4.78, 5) is 15.5. The summed E-state index contributed by atoms with van der Waals surface area (Å²) in [5.41, 5.74) is -0.524. The summed E-state index contributed by atoms with van der Waals surface area (Å²) < 4.78 is 28.4. The summed E-state index contributed by atoms with van der Waals surface area (Å²) in [6.07, 6.45) is -1.18. The number of aliphatic hydroxyl groups is 1. The highest BCUT2D eigenvalue weighted by molar-refractivity contribution is 7.91. The fourth-order valence-corrected chi connectivity index (χ4v) is 4.55. The number of carbonyl (C=O) groups is 1. The van der Waals surface area contributed by atoms with Gasteiger partial charge < -0.3 is 14.7 Å². The molecule has 2 aliphatic heterocycles. The predicted octanol–water partition coefficient (Wildman–Crippen LogP) is -0.303. The van der Waals surface area contributed by atoms with Crippen LogP contribution in [0.15, 0.2) is 0 Å². The smallest absolute Gasteiger partial charge is 0.410 e. The molecule has 1 amide bonds. The third-order valence-corrected chi connectivity index (χ3v) is 5.43. The lowest BCUT2D eigenvalue weighted by molar-refractivity contribution is 0.00339. The molecule has 8 heteroatoms. The average Bonchev–Trinajstić information content (AvgIpc) is 2.61. The van der Waals surface area contributed by atoms with Crippen molar-refractivity contribution < 1.29 is 23.1 Å². The molecule has 0 saturated carbocycles. The number of sulfone groups is 1. The number of amides is 1. The van der Waals surface area contributed by atoms with Crippen LogP contribution in [0, 0.1) is 0 Å². The minimum atomic E-state index is -3.14. The fourth-order valence-electron chi connectivity index (χ4n) is 2.72. The molecule has 0 aromatic heterocycles. The van der Waals surface area contributed by atoms with Crippen LogP contribution < -0.4 is 0 Å². The van der Waals surface area contributed by atoms with Crippen molar-refractivity contribution in [1.82, 2.24) is 9.80 Å². The van der Waals surface area contributed by atoms with E-state index in [1.54, 1.807) is 4.90 Å². The Morgan fingerprint density at radius 2 is 1.71 bits per heavy atom. The number of piperazine rings is 1. The highest BCUT2D eigenvalue weighted by Gasteiger charge is 2.41. The molecular formula is C13H24N2O5S. The zero-order chi connectivity index (χ0) is 15.8. The van der Waals surface area contributed by atoms with Crippen LogP contribution in [0.1, 0.15) is 20.8 Å². The van der Waals surface area contributed by atoms with Gasteiger partial charge in [-0.05, 0) is 20.8 Å². The molecule has 7 nitrogen and oxygen atoms in total. The number of ether oxygens (including phenoxy) is 1. The first-order valence-electron chi connectivity index (χ1n) is 7.18. The van der Waals surface area contributed by atoms with E-state index in [-0.39, 0.29) is 23.6 Å². The summed E-state index contributed by atoms with van der Waals surface area (Å²) in [5, 5.41) is 9.88. The van der Waals surface area contributed by atoms with Crippen LogP contribution in [0.25, 0.3) is 0 Å². The standard InChI is InChI=1S/C13H24N2O5S/c1-13(2,3)20-12(17)15-6-4-14(5-7-15)10-8-21(18,19)9-11(10)16/h10-11,16H,4-9H2,1-3H3/t10-,11+/m0/s1. The predicted molar refractivity (Wildman–Crippen MR) is 77.8 cm³/mol. The van der Waals surface area contributed by atoms with Crippen LogP contribution in [-0.4, -0.2) is 84.8 Å². The SMILES string of the molecule is CC(C)(C)OC(=O)N1CCN([C@H]2CS(=O)(=O)C[C@H]2O)CC1. The quantitative estimate of drug-likeness (QED) is 0.713. The largest absolute Gasteiger partial charge is 0.444 e. The molecule has 2 saturated heterocycles. The maximum atomic E-state index is 11.9. The zero-order valence-corrected chi connectivity index (χ0v) is 13.6. The van der Waals surface area contributed by atoms with E-state index in [4.69, 9.17) is 4.74 Å². The van der Waals surface area contributed by atoms with Gasteiger partial charge in [0.15, 0.2) is 9.84 Å². The Kier molecular flexibility index (Phi) is 4.51. The molecule has 21 heavy (non-hydrogen) atoms. The Morgan fingerprint density at radius 1 is 1.14 bits per heavy atom. The Morgan fingerprint density at radius 3 is 2.14 bits per heavy atom. The highest BCUT2D eigenvalue weighted by Crippen LogP contribution is 2.20. The molecule has 2 rings (SSSR count). The van der Waals surface area contributed by atoms with Crippen molar-refractivity contribution >= 4 is 15.9 Å². The van der Waals surface area contributed by atoms with Crippen LogP contribution in [0.4, 0.5) is 4.79 Å². The van der Waals surface area contributed by atoms with Crippen LogP contribution in [0.5, 0.6) is 0 Å². The maximum Gasteiger partial charge on any atom is 0.410 e. The van der Waals surface area contributed by atoms with Crippen molar-refractivity contribution in [2.24, 2.45) is 0 Å². The van der Waals surface area contributed by atoms with Gasteiger partial charge in [-0.1, -0.05) is 0 Å². The Hall–Kier alpha value is -0.860. The lowest BCUT2D eigenvalue weighted by atomic mass is 10.1. The van der Waals surface area contributed by atoms with E-state index in [9.17, 15) is 18.3 Å². The summed E-state index contributed by atoms with van der Waals surface area (Å²) in [6.45, 7) is 7.53. The second-order valence-corrected chi connectivity index (χ2v) is 8.87. The number of aliphatic hydroxyl groups excluding tert-OH is 1. The molecule has 0 radical (unpaired) electrons. The molecule has 2 atom stereocenters. The third kappa shape index (κ3) is 4.31. The molecule has 0 spiro atoms. The summed E-state index contributed by atoms with van der Waals surface area (Å²) in [7, 11) is -3.14. The van der Waals surface area contributed by atoms with Crippen LogP contribution in [-0.2, 0) is 14.6 Å². The molecule has 0 bridgehead atoms. The molecule has 0 aromatic rings. The van der Waals surface area contributed by atoms with E-state index in [1.165, 1.54) is 0 Å². The number of rotatable bonds is 1. The molecule has 0 aromatic carbocycles. The monoisotopic (exact) mass is 320 g/mol. The van der Waals surface area contributed by atoms with Gasteiger partial charge in [-0.3, -0.25) is 4.90 Å². The first-order chi connectivity index (χ1) is 9.57. The maximum absolute atomic E-state index is 11.9. The topological polar surface area (TPSA) is 87.2 Å². The second kappa shape index (κ2) is 5.73. The van der Waals surface area contributed by atoms with Gasteiger partial charge >= 0.3 is 6.09 Å². The van der Waals surface area contributed by atoms with Crippen molar-refractivity contribution in [2.45, 2.75) is 38.5 Å². The Balaban J connectivity index is 1.88. The minimum absolute atomic E-state index is 0.000599. The Labute approximate surface area is 125 Å². The summed E-state index contributed by atoms with van der Waals surface area (Å²) in [5.74, 6) is -0.162. The second-order valence-electron chi connectivity index (χ2n) is 6.71. The molecular weight excluding hydrogens is 296 g/mol. The molecule has 122 valence electrons. The number of hydrogen-bond donors (Lipinski definition) is 1. The molecule has 2 heterocycles. The molecule has 0 aliphatic carbocycles. The van der Waals surface area contributed by atoms with Gasteiger partial charge in [-0.25, -0.2) is 13.2 Å². The van der Waals surface area contributed by atoms with Crippen LogP contribution >= 0.6 is 0 Å². The van der Waals surface area contributed by atoms with Gasteiger partial charge in [0.05, 0.1) is 23.7 Å². The van der Waals surface area contributed by atoms with Gasteiger partial charge in [0.2, 0.25) is 0 Å². The van der Waals surface area contributed by atoms with Gasteiger partial charge in [-0.15, -0.1) is 0 Å². The zero-order valence-electron chi connectivity index (χ0n) is 12.8. The first kappa shape index (κ1) is 16.5. The van der Waals surface area contributed by atoms with Crippen molar-refractivity contribution in [3.63, 3.8) is 0 Å². The van der Waals surface area contributed by atoms with E-state index in [0.29, 0.717) is 26.2 Å². The van der Waals surface area contributed by atoms with E-state index < -0.39 is 21.5 Å². The lowest BCUT2D eigenvalue weighted by Gasteiger charge is -2.38. The van der Waals surface area contributed by atoms with Crippen molar-refractivity contribution in [1.29, 1.82) is 0 Å². The molecule has 1 N–H and O–H groups in total. The normalized spacial score (nSPS) is 30.4. The molecule has 2 fully saturated rings. The Bertz CT molecular complexity index is 491. The van der Waals surface area contributed by atoms with E-state index in [0.717, 1.165) is 0 Å². The third-order valence-electron chi connectivity index (χ3n) is 3.73. The number of hydrogen-bond acceptors (Lipinski definition) is 6. The highest BCUT2D eigenvalue weighted by atomic mass is 32.2. The first-order valence-corrected chi connectivity index (χ1v) is 9.00.